The summed E-state index contributed by atoms with van der Waals surface area (Å²) in [5.41, 5.74) is 1.00. The van der Waals surface area contributed by atoms with E-state index in [0.717, 1.165) is 5.56 Å². The Kier molecular flexibility index (Phi) is 6.43. The Balaban J connectivity index is 2.17. The second kappa shape index (κ2) is 7.84. The standard InChI is InChI=1S/C19H31FO4Si/c1-13-16(22-12-14-10-8-7-9-11-14)17(15(20)18(21)23-13)24-25(5,6)19(2,3)4/h7-11,13,15-18,21H,12H2,1-6H3. The van der Waals surface area contributed by atoms with E-state index in [4.69, 9.17) is 13.9 Å². The molecule has 0 saturated carbocycles. The van der Waals surface area contributed by atoms with Crippen LogP contribution in [0.15, 0.2) is 30.3 Å². The number of aliphatic hydroxyl groups is 1. The van der Waals surface area contributed by atoms with Crippen LogP contribution in [0, 0.1) is 0 Å². The minimum atomic E-state index is -2.23. The van der Waals surface area contributed by atoms with Crippen molar-refractivity contribution in [2.24, 2.45) is 0 Å². The molecular weight excluding hydrogens is 339 g/mol. The van der Waals surface area contributed by atoms with Crippen molar-refractivity contribution in [2.75, 3.05) is 0 Å². The summed E-state index contributed by atoms with van der Waals surface area (Å²) in [6.45, 7) is 12.6. The van der Waals surface area contributed by atoms with E-state index in [9.17, 15) is 9.50 Å². The fraction of sp³-hybridized carbons (Fsp3) is 0.684. The van der Waals surface area contributed by atoms with E-state index in [0.29, 0.717) is 6.61 Å². The van der Waals surface area contributed by atoms with Crippen LogP contribution in [0.5, 0.6) is 0 Å². The molecule has 0 aliphatic carbocycles. The van der Waals surface area contributed by atoms with E-state index in [1.54, 1.807) is 6.92 Å². The van der Waals surface area contributed by atoms with Gasteiger partial charge in [0.1, 0.15) is 12.2 Å². The molecule has 25 heavy (non-hydrogen) atoms. The summed E-state index contributed by atoms with van der Waals surface area (Å²) in [7, 11) is -2.23. The Morgan fingerprint density at radius 3 is 2.32 bits per heavy atom. The highest BCUT2D eigenvalue weighted by Crippen LogP contribution is 2.40. The average molecular weight is 371 g/mol. The number of alkyl halides is 1. The highest BCUT2D eigenvalue weighted by Gasteiger charge is 2.50. The third-order valence-corrected chi connectivity index (χ3v) is 9.72. The largest absolute Gasteiger partial charge is 0.408 e. The molecule has 2 rings (SSSR count). The van der Waals surface area contributed by atoms with Crippen LogP contribution < -0.4 is 0 Å². The molecule has 4 nitrogen and oxygen atoms in total. The predicted octanol–water partition coefficient (Wildman–Crippen LogP) is 4.04. The lowest BCUT2D eigenvalue weighted by atomic mass is 10.0. The van der Waals surface area contributed by atoms with E-state index in [2.05, 4.69) is 33.9 Å². The highest BCUT2D eigenvalue weighted by atomic mass is 28.4. The Morgan fingerprint density at radius 1 is 1.16 bits per heavy atom. The number of halogens is 1. The maximum absolute atomic E-state index is 14.8. The summed E-state index contributed by atoms with van der Waals surface area (Å²) in [6.07, 6.45) is -5.00. The molecule has 1 aromatic rings. The van der Waals surface area contributed by atoms with Gasteiger partial charge in [-0.3, -0.25) is 0 Å². The van der Waals surface area contributed by atoms with Crippen LogP contribution in [0.25, 0.3) is 0 Å². The Hall–Kier alpha value is -0.793. The van der Waals surface area contributed by atoms with Gasteiger partial charge in [-0.25, -0.2) is 4.39 Å². The summed E-state index contributed by atoms with van der Waals surface area (Å²) in [5, 5.41) is 9.84. The first-order valence-corrected chi connectivity index (χ1v) is 11.7. The van der Waals surface area contributed by atoms with E-state index in [-0.39, 0.29) is 5.04 Å². The van der Waals surface area contributed by atoms with Gasteiger partial charge in [0.05, 0.1) is 12.7 Å². The zero-order valence-corrected chi connectivity index (χ0v) is 17.0. The number of hydrogen-bond donors (Lipinski definition) is 1. The van der Waals surface area contributed by atoms with Crippen LogP contribution in [0.3, 0.4) is 0 Å². The van der Waals surface area contributed by atoms with Gasteiger partial charge in [0.2, 0.25) is 0 Å². The van der Waals surface area contributed by atoms with Crippen LogP contribution in [-0.2, 0) is 20.5 Å². The second-order valence-corrected chi connectivity index (χ2v) is 13.0. The van der Waals surface area contributed by atoms with Gasteiger partial charge in [-0.2, -0.15) is 0 Å². The summed E-state index contributed by atoms with van der Waals surface area (Å²) < 4.78 is 32.4. The van der Waals surface area contributed by atoms with Gasteiger partial charge in [0, 0.05) is 0 Å². The van der Waals surface area contributed by atoms with E-state index in [1.807, 2.05) is 30.3 Å². The minimum absolute atomic E-state index is 0.0663. The van der Waals surface area contributed by atoms with Crippen molar-refractivity contribution in [3.8, 4) is 0 Å². The fourth-order valence-electron chi connectivity index (χ4n) is 2.63. The molecule has 0 bridgehead atoms. The molecule has 0 amide bonds. The molecule has 1 aliphatic heterocycles. The maximum atomic E-state index is 14.8. The van der Waals surface area contributed by atoms with Gasteiger partial charge in [0.25, 0.3) is 0 Å². The summed E-state index contributed by atoms with van der Waals surface area (Å²) >= 11 is 0. The van der Waals surface area contributed by atoms with Crippen LogP contribution in [0.4, 0.5) is 4.39 Å². The maximum Gasteiger partial charge on any atom is 0.192 e. The molecular formula is C19H31FO4Si. The lowest BCUT2D eigenvalue weighted by Gasteiger charge is -2.46. The first-order valence-electron chi connectivity index (χ1n) is 8.84. The van der Waals surface area contributed by atoms with Crippen molar-refractivity contribution in [1.82, 2.24) is 0 Å². The van der Waals surface area contributed by atoms with Crippen LogP contribution >= 0.6 is 0 Å². The van der Waals surface area contributed by atoms with Crippen LogP contribution in [-0.4, -0.2) is 44.2 Å². The van der Waals surface area contributed by atoms with Gasteiger partial charge in [0.15, 0.2) is 20.8 Å². The molecule has 5 unspecified atom stereocenters. The summed E-state index contributed by atoms with van der Waals surface area (Å²) in [6, 6.07) is 9.72. The fourth-order valence-corrected chi connectivity index (χ4v) is 3.93. The molecule has 1 heterocycles. The first-order chi connectivity index (χ1) is 11.5. The summed E-state index contributed by atoms with van der Waals surface area (Å²) in [5.74, 6) is 0. The molecule has 1 aromatic carbocycles. The Bertz CT molecular complexity index is 546. The average Bonchev–Trinajstić information content (AvgIpc) is 2.51. The van der Waals surface area contributed by atoms with Crippen molar-refractivity contribution in [2.45, 2.75) is 83.2 Å². The van der Waals surface area contributed by atoms with Crippen LogP contribution in [0.2, 0.25) is 18.1 Å². The topological polar surface area (TPSA) is 47.9 Å². The van der Waals surface area contributed by atoms with Crippen molar-refractivity contribution in [3.63, 3.8) is 0 Å². The van der Waals surface area contributed by atoms with Crippen LogP contribution in [0.1, 0.15) is 33.3 Å². The smallest absolute Gasteiger partial charge is 0.192 e. The predicted molar refractivity (Wildman–Crippen MR) is 98.5 cm³/mol. The van der Waals surface area contributed by atoms with Gasteiger partial charge in [-0.15, -0.1) is 0 Å². The number of ether oxygens (including phenoxy) is 2. The van der Waals surface area contributed by atoms with Crippen molar-refractivity contribution >= 4 is 8.32 Å². The molecule has 1 saturated heterocycles. The molecule has 0 spiro atoms. The third kappa shape index (κ3) is 4.89. The summed E-state index contributed by atoms with van der Waals surface area (Å²) in [4.78, 5) is 0. The van der Waals surface area contributed by atoms with E-state index >= 15 is 0 Å². The number of aliphatic hydroxyl groups excluding tert-OH is 1. The van der Waals surface area contributed by atoms with Gasteiger partial charge in [-0.05, 0) is 30.6 Å². The quantitative estimate of drug-likeness (QED) is 0.795. The normalized spacial score (nSPS) is 31.1. The second-order valence-electron chi connectivity index (χ2n) is 8.28. The zero-order valence-electron chi connectivity index (χ0n) is 16.0. The third-order valence-electron chi connectivity index (χ3n) is 5.25. The lowest BCUT2D eigenvalue weighted by molar-refractivity contribution is -0.268. The zero-order chi connectivity index (χ0) is 18.8. The molecule has 1 N–H and O–H groups in total. The van der Waals surface area contributed by atoms with Crippen molar-refractivity contribution in [3.05, 3.63) is 35.9 Å². The van der Waals surface area contributed by atoms with E-state index < -0.39 is 39.1 Å². The van der Waals surface area contributed by atoms with E-state index in [1.165, 1.54) is 0 Å². The lowest BCUT2D eigenvalue weighted by Crippen LogP contribution is -2.60. The Morgan fingerprint density at radius 2 is 1.76 bits per heavy atom. The molecule has 1 aliphatic rings. The number of rotatable bonds is 5. The molecule has 142 valence electrons. The number of hydrogen-bond acceptors (Lipinski definition) is 4. The molecule has 0 aromatic heterocycles. The Labute approximate surface area is 151 Å². The monoisotopic (exact) mass is 370 g/mol. The van der Waals surface area contributed by atoms with Gasteiger partial charge in [-0.1, -0.05) is 51.1 Å². The first kappa shape index (κ1) is 20.5. The van der Waals surface area contributed by atoms with Crippen molar-refractivity contribution in [1.29, 1.82) is 0 Å². The minimum Gasteiger partial charge on any atom is -0.408 e. The van der Waals surface area contributed by atoms with Gasteiger partial charge >= 0.3 is 0 Å². The highest BCUT2D eigenvalue weighted by molar-refractivity contribution is 6.74. The molecule has 5 atom stereocenters. The van der Waals surface area contributed by atoms with Crippen molar-refractivity contribution < 1.29 is 23.4 Å². The molecule has 1 fully saturated rings. The SMILES string of the molecule is CC1OC(O)C(F)C(O[Si](C)(C)C(C)(C)C)C1OCc1ccccc1. The number of benzene rings is 1. The molecule has 0 radical (unpaired) electrons. The molecule has 6 heteroatoms. The van der Waals surface area contributed by atoms with Gasteiger partial charge < -0.3 is 19.0 Å².